The van der Waals surface area contributed by atoms with Crippen molar-refractivity contribution in [1.29, 1.82) is 0 Å². The van der Waals surface area contributed by atoms with E-state index in [4.69, 9.17) is 0 Å². The van der Waals surface area contributed by atoms with E-state index in [-0.39, 0.29) is 11.7 Å². The quantitative estimate of drug-likeness (QED) is 0.427. The monoisotopic (exact) mass is 501 g/mol. The third-order valence-electron chi connectivity index (χ3n) is 6.54. The maximum absolute atomic E-state index is 13.2. The predicted octanol–water partition coefficient (Wildman–Crippen LogP) is 3.47. The molecule has 9 nitrogen and oxygen atoms in total. The SMILES string of the molecule is C[C@H](C(=O)Nc1cc(C2CC2)[nH]n1)c1cccc(-c2cncc(NC(=O)C#CCN3CC[C@H](F)C3)n2)c1. The number of aromatic amines is 1. The third kappa shape index (κ3) is 6.37. The van der Waals surface area contributed by atoms with E-state index in [0.29, 0.717) is 43.5 Å². The number of nitrogens with one attached hydrogen (secondary N) is 3. The fourth-order valence-electron chi connectivity index (χ4n) is 4.23. The van der Waals surface area contributed by atoms with E-state index in [2.05, 4.69) is 42.6 Å². The molecule has 1 saturated heterocycles. The Labute approximate surface area is 214 Å². The van der Waals surface area contributed by atoms with Crippen molar-refractivity contribution < 1.29 is 14.0 Å². The Hall–Kier alpha value is -4.10. The first kappa shape index (κ1) is 24.6. The number of aromatic nitrogens is 4. The van der Waals surface area contributed by atoms with E-state index in [1.807, 2.05) is 42.2 Å². The molecule has 0 spiro atoms. The van der Waals surface area contributed by atoms with Crippen LogP contribution in [-0.2, 0) is 9.59 Å². The first-order chi connectivity index (χ1) is 17.9. The van der Waals surface area contributed by atoms with Crippen LogP contribution in [0.3, 0.4) is 0 Å². The summed E-state index contributed by atoms with van der Waals surface area (Å²) in [6.07, 6.45) is 5.03. The van der Waals surface area contributed by atoms with Gasteiger partial charge in [0.2, 0.25) is 5.91 Å². The van der Waals surface area contributed by atoms with Gasteiger partial charge in [-0.25, -0.2) is 9.37 Å². The zero-order valence-electron chi connectivity index (χ0n) is 20.5. The summed E-state index contributed by atoms with van der Waals surface area (Å²) in [5, 5.41) is 12.7. The number of hydrogen-bond acceptors (Lipinski definition) is 6. The van der Waals surface area contributed by atoms with Crippen LogP contribution < -0.4 is 10.6 Å². The van der Waals surface area contributed by atoms with Gasteiger partial charge in [-0.2, -0.15) is 5.10 Å². The molecule has 3 N–H and O–H groups in total. The van der Waals surface area contributed by atoms with Crippen LogP contribution in [0.4, 0.5) is 16.0 Å². The fourth-order valence-corrected chi connectivity index (χ4v) is 4.23. The summed E-state index contributed by atoms with van der Waals surface area (Å²) >= 11 is 0. The van der Waals surface area contributed by atoms with Crippen LogP contribution in [0, 0.1) is 11.8 Å². The predicted molar refractivity (Wildman–Crippen MR) is 137 cm³/mol. The summed E-state index contributed by atoms with van der Waals surface area (Å²) in [5.41, 5.74) is 3.18. The molecule has 0 radical (unpaired) electrons. The van der Waals surface area contributed by atoms with E-state index in [9.17, 15) is 14.0 Å². The van der Waals surface area contributed by atoms with Crippen molar-refractivity contribution in [3.05, 3.63) is 54.0 Å². The minimum Gasteiger partial charge on any atom is -0.309 e. The molecular formula is C27H28FN7O2. The Morgan fingerprint density at radius 3 is 2.84 bits per heavy atom. The van der Waals surface area contributed by atoms with Crippen LogP contribution in [0.1, 0.15) is 49.3 Å². The number of amides is 2. The minimum atomic E-state index is -0.819. The van der Waals surface area contributed by atoms with Gasteiger partial charge in [-0.1, -0.05) is 24.1 Å². The lowest BCUT2D eigenvalue weighted by molar-refractivity contribution is -0.117. The van der Waals surface area contributed by atoms with E-state index < -0.39 is 18.0 Å². The summed E-state index contributed by atoms with van der Waals surface area (Å²) < 4.78 is 13.2. The number of nitrogens with zero attached hydrogens (tertiary/aromatic N) is 4. The zero-order chi connectivity index (χ0) is 25.8. The molecule has 2 aromatic heterocycles. The van der Waals surface area contributed by atoms with Crippen molar-refractivity contribution >= 4 is 23.5 Å². The molecule has 3 heterocycles. The van der Waals surface area contributed by atoms with E-state index in [0.717, 1.165) is 29.7 Å². The second-order valence-electron chi connectivity index (χ2n) is 9.49. The lowest BCUT2D eigenvalue weighted by Gasteiger charge is -2.13. The number of carbonyl (C=O) groups excluding carboxylic acids is 2. The third-order valence-corrected chi connectivity index (χ3v) is 6.54. The molecule has 37 heavy (non-hydrogen) atoms. The Bertz CT molecular complexity index is 1360. The summed E-state index contributed by atoms with van der Waals surface area (Å²) in [7, 11) is 0. The standard InChI is InChI=1S/C27H28FN7O2/c1-17(27(37)32-24-13-22(33-34-24)18-7-8-18)19-4-2-5-20(12-19)23-14-29-15-25(30-23)31-26(36)6-3-10-35-11-9-21(28)16-35/h2,4-5,12-15,17-18,21H,7-11,16H2,1H3,(H,30,31,36)(H2,32,33,34,37)/t17-,21-/m0/s1. The summed E-state index contributed by atoms with van der Waals surface area (Å²) in [4.78, 5) is 35.6. The minimum absolute atomic E-state index is 0.160. The first-order valence-electron chi connectivity index (χ1n) is 12.4. The van der Waals surface area contributed by atoms with Gasteiger partial charge < -0.3 is 5.32 Å². The topological polar surface area (TPSA) is 116 Å². The van der Waals surface area contributed by atoms with Gasteiger partial charge in [0.05, 0.1) is 30.6 Å². The van der Waals surface area contributed by atoms with Crippen LogP contribution in [0.15, 0.2) is 42.7 Å². The van der Waals surface area contributed by atoms with Crippen LogP contribution in [0.25, 0.3) is 11.3 Å². The van der Waals surface area contributed by atoms with Gasteiger partial charge in [0.25, 0.3) is 0 Å². The van der Waals surface area contributed by atoms with Crippen LogP contribution in [-0.4, -0.2) is 62.7 Å². The molecule has 2 amide bonds. The number of alkyl halides is 1. The molecule has 1 saturated carbocycles. The number of benzene rings is 1. The van der Waals surface area contributed by atoms with Gasteiger partial charge in [-0.15, -0.1) is 0 Å². The molecule has 3 aromatic rings. The highest BCUT2D eigenvalue weighted by Gasteiger charge is 2.26. The molecule has 2 fully saturated rings. The van der Waals surface area contributed by atoms with Crippen LogP contribution >= 0.6 is 0 Å². The van der Waals surface area contributed by atoms with Gasteiger partial charge in [0.1, 0.15) is 6.17 Å². The van der Waals surface area contributed by atoms with E-state index in [1.54, 1.807) is 6.20 Å². The maximum Gasteiger partial charge on any atom is 0.301 e. The highest BCUT2D eigenvalue weighted by atomic mass is 19.1. The normalized spacial score (nSPS) is 18.1. The van der Waals surface area contributed by atoms with Crippen LogP contribution in [0.5, 0.6) is 0 Å². The maximum atomic E-state index is 13.2. The number of rotatable bonds is 7. The number of H-pyrrole nitrogens is 1. The molecular weight excluding hydrogens is 473 g/mol. The lowest BCUT2D eigenvalue weighted by Crippen LogP contribution is -2.21. The van der Waals surface area contributed by atoms with Gasteiger partial charge >= 0.3 is 5.91 Å². The first-order valence-corrected chi connectivity index (χ1v) is 12.4. The van der Waals surface area contributed by atoms with Crippen molar-refractivity contribution in [2.45, 2.75) is 44.2 Å². The van der Waals surface area contributed by atoms with Crippen molar-refractivity contribution in [1.82, 2.24) is 25.1 Å². The van der Waals surface area contributed by atoms with Gasteiger partial charge in [0.15, 0.2) is 11.6 Å². The number of carbonyl (C=O) groups is 2. The van der Waals surface area contributed by atoms with Crippen molar-refractivity contribution in [2.75, 3.05) is 30.3 Å². The number of anilines is 2. The number of hydrogen-bond donors (Lipinski definition) is 3. The lowest BCUT2D eigenvalue weighted by atomic mass is 9.97. The second kappa shape index (κ2) is 10.9. The zero-order valence-corrected chi connectivity index (χ0v) is 20.5. The summed E-state index contributed by atoms with van der Waals surface area (Å²) in [5.74, 6) is 5.53. The highest BCUT2D eigenvalue weighted by Crippen LogP contribution is 2.39. The molecule has 5 rings (SSSR count). The Morgan fingerprint density at radius 2 is 2.05 bits per heavy atom. The molecule has 1 aliphatic heterocycles. The van der Waals surface area contributed by atoms with Crippen molar-refractivity contribution in [3.8, 4) is 23.1 Å². The molecule has 1 aliphatic carbocycles. The largest absolute Gasteiger partial charge is 0.309 e. The summed E-state index contributed by atoms with van der Waals surface area (Å²) in [6.45, 7) is 3.18. The van der Waals surface area contributed by atoms with Gasteiger partial charge in [-0.05, 0) is 43.7 Å². The Kier molecular flexibility index (Phi) is 7.23. The molecule has 2 aliphatic rings. The second-order valence-corrected chi connectivity index (χ2v) is 9.49. The number of halogens is 1. The fraction of sp³-hybridized carbons (Fsp3) is 0.370. The molecule has 1 aromatic carbocycles. The van der Waals surface area contributed by atoms with Gasteiger partial charge in [-0.3, -0.25) is 29.9 Å². The molecule has 10 heteroatoms. The summed E-state index contributed by atoms with van der Waals surface area (Å²) in [6, 6.07) is 9.38. The van der Waals surface area contributed by atoms with E-state index in [1.165, 1.54) is 6.20 Å². The Morgan fingerprint density at radius 1 is 1.19 bits per heavy atom. The average molecular weight is 502 g/mol. The highest BCUT2D eigenvalue weighted by molar-refractivity contribution is 6.03. The average Bonchev–Trinajstić information content (AvgIpc) is 3.51. The molecule has 2 atom stereocenters. The van der Waals surface area contributed by atoms with Gasteiger partial charge in [0, 0.05) is 36.3 Å². The number of likely N-dealkylation sites (tertiary alicyclic amines) is 1. The van der Waals surface area contributed by atoms with Crippen molar-refractivity contribution in [2.24, 2.45) is 0 Å². The van der Waals surface area contributed by atoms with E-state index >= 15 is 0 Å². The molecule has 190 valence electrons. The van der Waals surface area contributed by atoms with Crippen molar-refractivity contribution in [3.63, 3.8) is 0 Å². The molecule has 0 bridgehead atoms. The Balaban J connectivity index is 1.21. The van der Waals surface area contributed by atoms with Crippen LogP contribution in [0.2, 0.25) is 0 Å². The molecule has 0 unspecified atom stereocenters. The smallest absolute Gasteiger partial charge is 0.301 e.